The van der Waals surface area contributed by atoms with Crippen molar-refractivity contribution in [3.05, 3.63) is 83.9 Å². The highest BCUT2D eigenvalue weighted by atomic mass is 32.2. The Morgan fingerprint density at radius 2 is 1.66 bits per heavy atom. The molecule has 0 heterocycles. The molecule has 3 aromatic carbocycles. The van der Waals surface area contributed by atoms with Crippen LogP contribution in [0.2, 0.25) is 0 Å². The number of para-hydroxylation sites is 1. The van der Waals surface area contributed by atoms with Crippen LogP contribution in [0.4, 0.5) is 13.2 Å². The number of methoxy groups -OCH3 is 1. The summed E-state index contributed by atoms with van der Waals surface area (Å²) in [5, 5.41) is 3.58. The number of halogens is 3. The number of carbonyl (C=O) groups is 1. The first-order valence-electron chi connectivity index (χ1n) is 9.88. The Balaban J connectivity index is 1.77. The minimum absolute atomic E-state index is 0.0294. The third-order valence-electron chi connectivity index (χ3n) is 4.36. The Labute approximate surface area is 199 Å². The van der Waals surface area contributed by atoms with Crippen LogP contribution in [0.5, 0.6) is 17.2 Å². The molecular weight excluding hydrogens is 489 g/mol. The first-order valence-corrected chi connectivity index (χ1v) is 11.3. The Bertz CT molecular complexity index is 1310. The molecule has 0 radical (unpaired) electrons. The lowest BCUT2D eigenvalue weighted by Crippen LogP contribution is -2.24. The minimum atomic E-state index is -4.74. The number of nitrogens with one attached hydrogen (secondary N) is 1. The van der Waals surface area contributed by atoms with Gasteiger partial charge in [-0.2, -0.15) is 26.7 Å². The van der Waals surface area contributed by atoms with E-state index in [0.29, 0.717) is 23.6 Å². The highest BCUT2D eigenvalue weighted by molar-refractivity contribution is 7.87. The molecule has 0 spiro atoms. The van der Waals surface area contributed by atoms with Gasteiger partial charge in [0.15, 0.2) is 6.61 Å². The zero-order valence-corrected chi connectivity index (χ0v) is 19.0. The number of hydrogen-bond donors (Lipinski definition) is 1. The summed E-state index contributed by atoms with van der Waals surface area (Å²) in [5.41, 5.74) is 0.528. The van der Waals surface area contributed by atoms with Crippen molar-refractivity contribution in [2.75, 3.05) is 13.7 Å². The number of alkyl halides is 3. The summed E-state index contributed by atoms with van der Waals surface area (Å²) in [6.07, 6.45) is -3.96. The fourth-order valence-corrected chi connectivity index (χ4v) is 3.84. The summed E-state index contributed by atoms with van der Waals surface area (Å²) >= 11 is 0. The lowest BCUT2D eigenvalue weighted by atomic mass is 10.1. The lowest BCUT2D eigenvalue weighted by Gasteiger charge is -2.12. The predicted octanol–water partition coefficient (Wildman–Crippen LogP) is 4.01. The number of amides is 1. The lowest BCUT2D eigenvalue weighted by molar-refractivity contribution is -0.137. The molecule has 0 saturated carbocycles. The van der Waals surface area contributed by atoms with Crippen LogP contribution in [0.25, 0.3) is 0 Å². The molecule has 8 nitrogen and oxygen atoms in total. The summed E-state index contributed by atoms with van der Waals surface area (Å²) in [7, 11) is -3.05. The molecule has 0 atom stereocenters. The van der Waals surface area contributed by atoms with Crippen LogP contribution in [0.15, 0.2) is 82.8 Å². The molecule has 0 fully saturated rings. The molecule has 3 rings (SSSR count). The standard InChI is InChI=1S/C23H19F3N2O6S/c1-32-19-8-5-9-20(13-19)33-15-22(29)28-27-14-16-12-17(23(24,25)26)10-11-21(16)35(30,31)34-18-6-3-2-4-7-18/h2-14H,15H2,1H3,(H,28,29)/b27-14+. The molecule has 12 heteroatoms. The molecule has 1 N–H and O–H groups in total. The van der Waals surface area contributed by atoms with E-state index in [-0.39, 0.29) is 5.75 Å². The van der Waals surface area contributed by atoms with Crippen LogP contribution >= 0.6 is 0 Å². The van der Waals surface area contributed by atoms with Crippen molar-refractivity contribution in [3.8, 4) is 17.2 Å². The maximum absolute atomic E-state index is 13.2. The van der Waals surface area contributed by atoms with Crippen LogP contribution in [0, 0.1) is 0 Å². The first-order chi connectivity index (χ1) is 16.6. The number of carbonyl (C=O) groups excluding carboxylic acids is 1. The number of benzene rings is 3. The van der Waals surface area contributed by atoms with Crippen molar-refractivity contribution in [3.63, 3.8) is 0 Å². The monoisotopic (exact) mass is 508 g/mol. The van der Waals surface area contributed by atoms with Gasteiger partial charge in [-0.15, -0.1) is 0 Å². The molecule has 0 aliphatic heterocycles. The fourth-order valence-electron chi connectivity index (χ4n) is 2.75. The first kappa shape index (κ1) is 25.6. The number of nitrogens with zero attached hydrogens (tertiary/aromatic N) is 1. The number of rotatable bonds is 9. The van der Waals surface area contributed by atoms with Gasteiger partial charge in [0.1, 0.15) is 22.1 Å². The third kappa shape index (κ3) is 7.21. The van der Waals surface area contributed by atoms with Gasteiger partial charge in [-0.3, -0.25) is 4.79 Å². The molecule has 0 aliphatic carbocycles. The van der Waals surface area contributed by atoms with E-state index >= 15 is 0 Å². The van der Waals surface area contributed by atoms with E-state index in [9.17, 15) is 26.4 Å². The zero-order valence-electron chi connectivity index (χ0n) is 18.2. The van der Waals surface area contributed by atoms with Gasteiger partial charge < -0.3 is 13.7 Å². The van der Waals surface area contributed by atoms with E-state index in [1.54, 1.807) is 30.3 Å². The minimum Gasteiger partial charge on any atom is -0.497 e. The summed E-state index contributed by atoms with van der Waals surface area (Å²) in [6, 6.07) is 15.9. The van der Waals surface area contributed by atoms with Gasteiger partial charge in [0.2, 0.25) is 0 Å². The van der Waals surface area contributed by atoms with Crippen LogP contribution in [-0.2, 0) is 21.1 Å². The second kappa shape index (κ2) is 10.9. The van der Waals surface area contributed by atoms with Gasteiger partial charge in [0.25, 0.3) is 5.91 Å². The molecular formula is C23H19F3N2O6S. The molecule has 0 aromatic heterocycles. The topological polar surface area (TPSA) is 103 Å². The van der Waals surface area contributed by atoms with E-state index in [4.69, 9.17) is 13.7 Å². The molecule has 1 amide bonds. The van der Waals surface area contributed by atoms with Gasteiger partial charge in [0.05, 0.1) is 18.9 Å². The van der Waals surface area contributed by atoms with Gasteiger partial charge in [0, 0.05) is 11.6 Å². The second-order valence-corrected chi connectivity index (χ2v) is 8.38. The van der Waals surface area contributed by atoms with E-state index in [0.717, 1.165) is 12.3 Å². The summed E-state index contributed by atoms with van der Waals surface area (Å²) in [5.74, 6) is 0.0870. The normalized spacial score (nSPS) is 11.8. The van der Waals surface area contributed by atoms with E-state index in [2.05, 4.69) is 10.5 Å². The molecule has 0 aliphatic rings. The van der Waals surface area contributed by atoms with Crippen molar-refractivity contribution < 1.29 is 40.0 Å². The van der Waals surface area contributed by atoms with Gasteiger partial charge in [-0.25, -0.2) is 5.43 Å². The number of hydrazone groups is 1. The quantitative estimate of drug-likeness (QED) is 0.266. The van der Waals surface area contributed by atoms with Gasteiger partial charge in [-0.1, -0.05) is 24.3 Å². The Morgan fingerprint density at radius 3 is 2.34 bits per heavy atom. The Morgan fingerprint density at radius 1 is 0.971 bits per heavy atom. The van der Waals surface area contributed by atoms with Gasteiger partial charge in [-0.05, 0) is 42.5 Å². The predicted molar refractivity (Wildman–Crippen MR) is 120 cm³/mol. The molecule has 0 unspecified atom stereocenters. The molecule has 35 heavy (non-hydrogen) atoms. The van der Waals surface area contributed by atoms with Crippen LogP contribution in [-0.4, -0.2) is 34.3 Å². The largest absolute Gasteiger partial charge is 0.497 e. The highest BCUT2D eigenvalue weighted by Gasteiger charge is 2.32. The van der Waals surface area contributed by atoms with Gasteiger partial charge >= 0.3 is 16.3 Å². The van der Waals surface area contributed by atoms with Crippen LogP contribution < -0.4 is 19.1 Å². The van der Waals surface area contributed by atoms with Crippen molar-refractivity contribution in [1.82, 2.24) is 5.43 Å². The maximum Gasteiger partial charge on any atom is 0.416 e. The smallest absolute Gasteiger partial charge is 0.416 e. The third-order valence-corrected chi connectivity index (χ3v) is 5.68. The molecule has 0 saturated heterocycles. The number of hydrogen-bond acceptors (Lipinski definition) is 7. The van der Waals surface area contributed by atoms with Crippen molar-refractivity contribution >= 4 is 22.2 Å². The highest BCUT2D eigenvalue weighted by Crippen LogP contribution is 2.32. The zero-order chi connectivity index (χ0) is 25.5. The van der Waals surface area contributed by atoms with E-state index in [1.165, 1.54) is 31.4 Å². The average Bonchev–Trinajstić information content (AvgIpc) is 2.82. The summed E-state index contributed by atoms with van der Waals surface area (Å²) in [4.78, 5) is 11.4. The molecule has 184 valence electrons. The van der Waals surface area contributed by atoms with E-state index < -0.39 is 44.8 Å². The summed E-state index contributed by atoms with van der Waals surface area (Å²) < 4.78 is 80.3. The molecule has 3 aromatic rings. The number of ether oxygens (including phenoxy) is 2. The van der Waals surface area contributed by atoms with Crippen molar-refractivity contribution in [2.24, 2.45) is 5.10 Å². The maximum atomic E-state index is 13.2. The van der Waals surface area contributed by atoms with E-state index in [1.807, 2.05) is 0 Å². The van der Waals surface area contributed by atoms with Crippen LogP contribution in [0.1, 0.15) is 11.1 Å². The second-order valence-electron chi connectivity index (χ2n) is 6.86. The molecule has 0 bridgehead atoms. The summed E-state index contributed by atoms with van der Waals surface area (Å²) in [6.45, 7) is -0.463. The Hall–Kier alpha value is -4.06. The van der Waals surface area contributed by atoms with Crippen molar-refractivity contribution in [2.45, 2.75) is 11.1 Å². The SMILES string of the molecule is COc1cccc(OCC(=O)N/N=C/c2cc(C(F)(F)F)ccc2S(=O)(=O)Oc2ccccc2)c1. The average molecular weight is 508 g/mol. The van der Waals surface area contributed by atoms with Crippen LogP contribution in [0.3, 0.4) is 0 Å². The Kier molecular flexibility index (Phi) is 7.97. The van der Waals surface area contributed by atoms with Crippen molar-refractivity contribution in [1.29, 1.82) is 0 Å². The fraction of sp³-hybridized carbons (Fsp3) is 0.130.